The number of sulfonamides is 1. The van der Waals surface area contributed by atoms with E-state index in [1.165, 1.54) is 12.4 Å². The molecule has 0 saturated heterocycles. The minimum atomic E-state index is -3.46. The van der Waals surface area contributed by atoms with Gasteiger partial charge < -0.3 is 0 Å². The summed E-state index contributed by atoms with van der Waals surface area (Å²) in [5.74, 6) is 0. The number of aromatic nitrogens is 2. The van der Waals surface area contributed by atoms with Gasteiger partial charge in [0.25, 0.3) is 0 Å². The van der Waals surface area contributed by atoms with Crippen LogP contribution in [0.4, 0.5) is 0 Å². The van der Waals surface area contributed by atoms with Crippen molar-refractivity contribution in [3.05, 3.63) is 22.8 Å². The normalized spacial score (nSPS) is 11.0. The highest BCUT2D eigenvalue weighted by Crippen LogP contribution is 2.04. The van der Waals surface area contributed by atoms with Crippen molar-refractivity contribution in [3.63, 3.8) is 0 Å². The number of rotatable bonds is 7. The summed E-state index contributed by atoms with van der Waals surface area (Å²) in [6.07, 6.45) is 3.82. The zero-order chi connectivity index (χ0) is 11.9. The van der Waals surface area contributed by atoms with E-state index in [0.717, 1.165) is 0 Å². The van der Waals surface area contributed by atoms with E-state index in [9.17, 15) is 8.42 Å². The Bertz CT molecular complexity index is 447. The van der Waals surface area contributed by atoms with Crippen LogP contribution in [0.3, 0.4) is 0 Å². The summed E-state index contributed by atoms with van der Waals surface area (Å²) in [4.78, 5) is 2.71. The maximum absolute atomic E-state index is 11.5. The molecule has 1 aromatic rings. The third kappa shape index (κ3) is 3.89. The smallest absolute Gasteiger partial charge is 0.243 e. The molecule has 0 aliphatic rings. The molecule has 0 radical (unpaired) electrons. The molecule has 0 saturated carbocycles. The van der Waals surface area contributed by atoms with Crippen LogP contribution in [0, 0.1) is 0 Å². The van der Waals surface area contributed by atoms with E-state index in [1.54, 1.807) is 0 Å². The molecule has 8 nitrogen and oxygen atoms in total. The van der Waals surface area contributed by atoms with E-state index in [4.69, 9.17) is 5.53 Å². The predicted molar refractivity (Wildman–Crippen MR) is 57.0 cm³/mol. The maximum Gasteiger partial charge on any atom is 0.243 e. The fraction of sp³-hybridized carbons (Fsp3) is 0.571. The highest BCUT2D eigenvalue weighted by molar-refractivity contribution is 7.89. The number of unbranched alkanes of at least 4 members (excludes halogenated alkanes) is 1. The molecule has 0 spiro atoms. The Hall–Kier alpha value is -1.57. The second-order valence-corrected chi connectivity index (χ2v) is 4.76. The molecule has 88 valence electrons. The molecule has 2 N–H and O–H groups in total. The van der Waals surface area contributed by atoms with E-state index in [2.05, 4.69) is 24.9 Å². The van der Waals surface area contributed by atoms with Crippen LogP contribution < -0.4 is 4.72 Å². The van der Waals surface area contributed by atoms with Gasteiger partial charge in [-0.05, 0) is 18.4 Å². The van der Waals surface area contributed by atoms with Crippen molar-refractivity contribution >= 4 is 10.0 Å². The summed E-state index contributed by atoms with van der Waals surface area (Å²) in [7, 11) is -3.46. The minimum absolute atomic E-state index is 0.113. The highest BCUT2D eigenvalue weighted by atomic mass is 32.2. The molecule has 0 aromatic carbocycles. The first kappa shape index (κ1) is 12.5. The number of nitrogens with zero attached hydrogens (tertiary/aromatic N) is 4. The molecule has 16 heavy (non-hydrogen) atoms. The van der Waals surface area contributed by atoms with Crippen molar-refractivity contribution in [1.82, 2.24) is 14.9 Å². The number of azide groups is 1. The standard InChI is InChI=1S/C7H12N6O2S/c8-13-9-3-1-2-4-12-16(14,15)7-5-10-11-6-7/h5-6,12H,1-4H2,(H,10,11). The molecule has 0 bridgehead atoms. The lowest BCUT2D eigenvalue weighted by Gasteiger charge is -2.02. The van der Waals surface area contributed by atoms with E-state index in [1.807, 2.05) is 0 Å². The van der Waals surface area contributed by atoms with Gasteiger partial charge in [0.2, 0.25) is 10.0 Å². The van der Waals surface area contributed by atoms with Gasteiger partial charge in [0.15, 0.2) is 0 Å². The van der Waals surface area contributed by atoms with Gasteiger partial charge in [-0.25, -0.2) is 13.1 Å². The molecule has 0 fully saturated rings. The Morgan fingerprint density at radius 1 is 1.56 bits per heavy atom. The summed E-state index contributed by atoms with van der Waals surface area (Å²) >= 11 is 0. The quantitative estimate of drug-likeness (QED) is 0.318. The molecule has 0 atom stereocenters. The van der Waals surface area contributed by atoms with Crippen molar-refractivity contribution < 1.29 is 8.42 Å². The van der Waals surface area contributed by atoms with Gasteiger partial charge in [0.05, 0.1) is 6.20 Å². The summed E-state index contributed by atoms with van der Waals surface area (Å²) in [6, 6.07) is 0. The minimum Gasteiger partial charge on any atom is -0.284 e. The third-order valence-electron chi connectivity index (χ3n) is 1.82. The van der Waals surface area contributed by atoms with E-state index in [0.29, 0.717) is 25.9 Å². The number of hydrogen-bond acceptors (Lipinski definition) is 4. The molecular weight excluding hydrogens is 232 g/mol. The lowest BCUT2D eigenvalue weighted by molar-refractivity contribution is 0.577. The number of aromatic amines is 1. The van der Waals surface area contributed by atoms with Crippen LogP contribution in [-0.4, -0.2) is 31.7 Å². The second-order valence-electron chi connectivity index (χ2n) is 2.99. The Labute approximate surface area is 92.7 Å². The summed E-state index contributed by atoms with van der Waals surface area (Å²) < 4.78 is 25.5. The van der Waals surface area contributed by atoms with Gasteiger partial charge in [-0.3, -0.25) is 5.10 Å². The molecular formula is C7H12N6O2S. The molecule has 0 unspecified atom stereocenters. The van der Waals surface area contributed by atoms with Crippen molar-refractivity contribution in [2.75, 3.05) is 13.1 Å². The SMILES string of the molecule is [N-]=[N+]=NCCCCNS(=O)(=O)c1cn[nH]c1. The highest BCUT2D eigenvalue weighted by Gasteiger charge is 2.13. The zero-order valence-electron chi connectivity index (χ0n) is 8.50. The molecule has 0 amide bonds. The van der Waals surface area contributed by atoms with Gasteiger partial charge in [-0.15, -0.1) is 0 Å². The molecule has 1 rings (SSSR count). The predicted octanol–water partition coefficient (Wildman–Crippen LogP) is 0.778. The Morgan fingerprint density at radius 3 is 3.00 bits per heavy atom. The molecule has 1 heterocycles. The van der Waals surface area contributed by atoms with Crippen molar-refractivity contribution in [3.8, 4) is 0 Å². The van der Waals surface area contributed by atoms with Crippen molar-refractivity contribution in [1.29, 1.82) is 0 Å². The maximum atomic E-state index is 11.5. The average molecular weight is 244 g/mol. The van der Waals surface area contributed by atoms with Gasteiger partial charge in [-0.1, -0.05) is 5.11 Å². The lowest BCUT2D eigenvalue weighted by Crippen LogP contribution is -2.24. The second kappa shape index (κ2) is 6.11. The number of H-pyrrole nitrogens is 1. The van der Waals surface area contributed by atoms with E-state index >= 15 is 0 Å². The van der Waals surface area contributed by atoms with Crippen LogP contribution in [-0.2, 0) is 10.0 Å². The Kier molecular flexibility index (Phi) is 4.77. The fourth-order valence-electron chi connectivity index (χ4n) is 1.03. The first-order valence-electron chi connectivity index (χ1n) is 4.66. The van der Waals surface area contributed by atoms with Gasteiger partial charge in [0.1, 0.15) is 4.90 Å². The average Bonchev–Trinajstić information content (AvgIpc) is 2.77. The summed E-state index contributed by atoms with van der Waals surface area (Å²) in [5.41, 5.74) is 8.01. The summed E-state index contributed by atoms with van der Waals surface area (Å²) in [6.45, 7) is 0.693. The fourth-order valence-corrected chi connectivity index (χ4v) is 2.01. The van der Waals surface area contributed by atoms with Crippen LogP contribution in [0.2, 0.25) is 0 Å². The molecule has 0 aliphatic carbocycles. The van der Waals surface area contributed by atoms with Gasteiger partial charge in [-0.2, -0.15) is 5.10 Å². The van der Waals surface area contributed by atoms with Crippen LogP contribution in [0.25, 0.3) is 10.4 Å². The van der Waals surface area contributed by atoms with Crippen molar-refractivity contribution in [2.45, 2.75) is 17.7 Å². The van der Waals surface area contributed by atoms with Crippen LogP contribution in [0.15, 0.2) is 22.4 Å². The van der Waals surface area contributed by atoms with Gasteiger partial charge in [0, 0.05) is 24.2 Å². The largest absolute Gasteiger partial charge is 0.284 e. The topological polar surface area (TPSA) is 124 Å². The van der Waals surface area contributed by atoms with Crippen LogP contribution in [0.1, 0.15) is 12.8 Å². The van der Waals surface area contributed by atoms with E-state index in [-0.39, 0.29) is 4.90 Å². The number of hydrogen-bond donors (Lipinski definition) is 2. The Morgan fingerprint density at radius 2 is 2.38 bits per heavy atom. The zero-order valence-corrected chi connectivity index (χ0v) is 9.31. The first-order valence-corrected chi connectivity index (χ1v) is 6.14. The molecule has 0 aliphatic heterocycles. The first-order chi connectivity index (χ1) is 7.67. The molecule has 9 heteroatoms. The van der Waals surface area contributed by atoms with Gasteiger partial charge >= 0.3 is 0 Å². The molecule has 1 aromatic heterocycles. The summed E-state index contributed by atoms with van der Waals surface area (Å²) in [5, 5.41) is 9.33. The monoisotopic (exact) mass is 244 g/mol. The lowest BCUT2D eigenvalue weighted by atomic mass is 10.3. The third-order valence-corrected chi connectivity index (χ3v) is 3.25. The van der Waals surface area contributed by atoms with Crippen LogP contribution >= 0.6 is 0 Å². The van der Waals surface area contributed by atoms with Crippen molar-refractivity contribution in [2.24, 2.45) is 5.11 Å². The van der Waals surface area contributed by atoms with Crippen LogP contribution in [0.5, 0.6) is 0 Å². The number of nitrogens with one attached hydrogen (secondary N) is 2. The Balaban J connectivity index is 2.30. The van der Waals surface area contributed by atoms with E-state index < -0.39 is 10.0 Å².